The fourth-order valence-corrected chi connectivity index (χ4v) is 2.85. The number of pyridine rings is 1. The highest BCUT2D eigenvalue weighted by atomic mass is 127. The van der Waals surface area contributed by atoms with Gasteiger partial charge in [0.15, 0.2) is 5.96 Å². The number of benzene rings is 1. The first-order chi connectivity index (χ1) is 14.3. The predicted octanol–water partition coefficient (Wildman–Crippen LogP) is 3.60. The van der Waals surface area contributed by atoms with Crippen molar-refractivity contribution in [3.05, 3.63) is 77.7 Å². The normalized spacial score (nSPS) is 10.9. The summed E-state index contributed by atoms with van der Waals surface area (Å²) in [6.07, 6.45) is 6.56. The number of ether oxygens (including phenoxy) is 1. The van der Waals surface area contributed by atoms with Gasteiger partial charge in [-0.1, -0.05) is 37.3 Å². The van der Waals surface area contributed by atoms with E-state index in [0.29, 0.717) is 25.6 Å². The number of guanidine groups is 1. The maximum atomic E-state index is 5.52. The van der Waals surface area contributed by atoms with Crippen molar-refractivity contribution >= 4 is 29.9 Å². The molecule has 2 N–H and O–H groups in total. The number of aromatic nitrogens is 3. The van der Waals surface area contributed by atoms with Crippen molar-refractivity contribution in [3.8, 4) is 5.88 Å². The van der Waals surface area contributed by atoms with E-state index in [2.05, 4.69) is 50.8 Å². The monoisotopic (exact) mass is 520 g/mol. The Kier molecular flexibility index (Phi) is 10.1. The lowest BCUT2D eigenvalue weighted by atomic mass is 10.1. The molecule has 0 radical (unpaired) electrons. The van der Waals surface area contributed by atoms with Gasteiger partial charge in [-0.15, -0.1) is 24.0 Å². The van der Waals surface area contributed by atoms with Gasteiger partial charge in [-0.25, -0.2) is 4.98 Å². The highest BCUT2D eigenvalue weighted by Gasteiger charge is 2.05. The van der Waals surface area contributed by atoms with Crippen LogP contribution in [0.3, 0.4) is 0 Å². The second kappa shape index (κ2) is 12.8. The standard InChI is InChI=1S/C22H28N6O.HI/c1-3-13-29-21-10-9-18(14-24-21)15-25-22(23-2)26-16-19-7-4-5-8-20(19)17-28-12-6-11-27-28;/h4-12,14H,3,13,15-17H2,1-2H3,(H2,23,25,26);1H. The van der Waals surface area contributed by atoms with Gasteiger partial charge >= 0.3 is 0 Å². The van der Waals surface area contributed by atoms with Crippen LogP contribution in [-0.2, 0) is 19.6 Å². The molecule has 0 atom stereocenters. The Bertz CT molecular complexity index is 896. The third-order valence-corrected chi connectivity index (χ3v) is 4.39. The molecule has 0 bridgehead atoms. The maximum absolute atomic E-state index is 5.52. The van der Waals surface area contributed by atoms with E-state index in [-0.39, 0.29) is 24.0 Å². The minimum absolute atomic E-state index is 0. The molecular weight excluding hydrogens is 491 g/mol. The van der Waals surface area contributed by atoms with Crippen molar-refractivity contribution < 1.29 is 4.74 Å². The number of nitrogens with one attached hydrogen (secondary N) is 2. The summed E-state index contributed by atoms with van der Waals surface area (Å²) in [5, 5.41) is 11.0. The quantitative estimate of drug-likeness (QED) is 0.256. The van der Waals surface area contributed by atoms with Crippen molar-refractivity contribution in [2.24, 2.45) is 4.99 Å². The summed E-state index contributed by atoms with van der Waals surface area (Å²) in [7, 11) is 1.77. The van der Waals surface area contributed by atoms with Crippen LogP contribution in [0.5, 0.6) is 5.88 Å². The van der Waals surface area contributed by atoms with Gasteiger partial charge in [-0.3, -0.25) is 9.67 Å². The molecule has 0 amide bonds. The molecule has 0 aliphatic heterocycles. The number of hydrogen-bond donors (Lipinski definition) is 2. The molecule has 0 saturated carbocycles. The second-order valence-corrected chi connectivity index (χ2v) is 6.60. The van der Waals surface area contributed by atoms with E-state index in [0.717, 1.165) is 24.5 Å². The molecule has 30 heavy (non-hydrogen) atoms. The van der Waals surface area contributed by atoms with Crippen molar-refractivity contribution in [3.63, 3.8) is 0 Å². The third kappa shape index (κ3) is 7.33. The van der Waals surface area contributed by atoms with Crippen LogP contribution in [0, 0.1) is 0 Å². The summed E-state index contributed by atoms with van der Waals surface area (Å²) in [5.41, 5.74) is 3.51. The SMILES string of the molecule is CCCOc1ccc(CNC(=NC)NCc2ccccc2Cn2cccn2)cn1.I. The fraction of sp³-hybridized carbons (Fsp3) is 0.318. The van der Waals surface area contributed by atoms with Gasteiger partial charge in [0, 0.05) is 44.8 Å². The Labute approximate surface area is 195 Å². The van der Waals surface area contributed by atoms with Crippen molar-refractivity contribution in [2.75, 3.05) is 13.7 Å². The van der Waals surface area contributed by atoms with E-state index in [1.165, 1.54) is 11.1 Å². The molecule has 0 spiro atoms. The van der Waals surface area contributed by atoms with Crippen molar-refractivity contribution in [1.29, 1.82) is 0 Å². The molecule has 3 aromatic rings. The van der Waals surface area contributed by atoms with E-state index in [4.69, 9.17) is 4.74 Å². The van der Waals surface area contributed by atoms with Crippen LogP contribution in [-0.4, -0.2) is 34.4 Å². The summed E-state index contributed by atoms with van der Waals surface area (Å²) < 4.78 is 7.44. The molecule has 0 saturated heterocycles. The minimum Gasteiger partial charge on any atom is -0.478 e. The molecule has 0 fully saturated rings. The summed E-state index contributed by atoms with van der Waals surface area (Å²) in [6.45, 7) is 4.82. The highest BCUT2D eigenvalue weighted by molar-refractivity contribution is 14.0. The lowest BCUT2D eigenvalue weighted by Gasteiger charge is -2.14. The Balaban J connectivity index is 0.00000320. The number of nitrogens with zero attached hydrogens (tertiary/aromatic N) is 4. The van der Waals surface area contributed by atoms with Crippen molar-refractivity contribution in [1.82, 2.24) is 25.4 Å². The number of hydrogen-bond acceptors (Lipinski definition) is 4. The van der Waals surface area contributed by atoms with Crippen molar-refractivity contribution in [2.45, 2.75) is 33.0 Å². The molecule has 1 aromatic carbocycles. The van der Waals surface area contributed by atoms with E-state index in [1.54, 1.807) is 13.2 Å². The first-order valence-electron chi connectivity index (χ1n) is 9.85. The van der Waals surface area contributed by atoms with E-state index in [9.17, 15) is 0 Å². The number of rotatable bonds is 9. The predicted molar refractivity (Wildman–Crippen MR) is 130 cm³/mol. The lowest BCUT2D eigenvalue weighted by molar-refractivity contribution is 0.305. The van der Waals surface area contributed by atoms with Crippen LogP contribution >= 0.6 is 24.0 Å². The largest absolute Gasteiger partial charge is 0.478 e. The van der Waals surface area contributed by atoms with Crippen LogP contribution in [0.2, 0.25) is 0 Å². The minimum atomic E-state index is 0. The molecular formula is C22H29IN6O. The molecule has 3 rings (SSSR count). The summed E-state index contributed by atoms with van der Waals surface area (Å²) in [6, 6.07) is 14.2. The molecule has 8 heteroatoms. The second-order valence-electron chi connectivity index (χ2n) is 6.60. The van der Waals surface area contributed by atoms with Gasteiger partial charge in [0.1, 0.15) is 0 Å². The van der Waals surface area contributed by atoms with Gasteiger partial charge in [0.25, 0.3) is 0 Å². The fourth-order valence-electron chi connectivity index (χ4n) is 2.85. The van der Waals surface area contributed by atoms with Gasteiger partial charge in [-0.2, -0.15) is 5.10 Å². The van der Waals surface area contributed by atoms with Gasteiger partial charge < -0.3 is 15.4 Å². The van der Waals surface area contributed by atoms with Crippen LogP contribution in [0.15, 0.2) is 66.0 Å². The summed E-state index contributed by atoms with van der Waals surface area (Å²) in [4.78, 5) is 8.64. The number of aliphatic imine (C=N–C) groups is 1. The van der Waals surface area contributed by atoms with Crippen LogP contribution in [0.4, 0.5) is 0 Å². The van der Waals surface area contributed by atoms with Crippen LogP contribution < -0.4 is 15.4 Å². The summed E-state index contributed by atoms with van der Waals surface area (Å²) >= 11 is 0. The topological polar surface area (TPSA) is 76.4 Å². The van der Waals surface area contributed by atoms with E-state index < -0.39 is 0 Å². The van der Waals surface area contributed by atoms with Gasteiger partial charge in [0.05, 0.1) is 13.2 Å². The molecule has 2 aromatic heterocycles. The van der Waals surface area contributed by atoms with Crippen LogP contribution in [0.1, 0.15) is 30.0 Å². The third-order valence-electron chi connectivity index (χ3n) is 4.39. The summed E-state index contributed by atoms with van der Waals surface area (Å²) in [5.74, 6) is 1.40. The average Bonchev–Trinajstić information content (AvgIpc) is 3.27. The van der Waals surface area contributed by atoms with Crippen LogP contribution in [0.25, 0.3) is 0 Å². The Morgan fingerprint density at radius 3 is 2.53 bits per heavy atom. The molecule has 160 valence electrons. The van der Waals surface area contributed by atoms with E-state index >= 15 is 0 Å². The lowest BCUT2D eigenvalue weighted by Crippen LogP contribution is -2.36. The first-order valence-corrected chi connectivity index (χ1v) is 9.85. The Hall–Kier alpha value is -2.62. The highest BCUT2D eigenvalue weighted by Crippen LogP contribution is 2.10. The molecule has 0 unspecified atom stereocenters. The molecule has 2 heterocycles. The zero-order valence-corrected chi connectivity index (χ0v) is 19.7. The Morgan fingerprint density at radius 2 is 1.87 bits per heavy atom. The smallest absolute Gasteiger partial charge is 0.213 e. The van der Waals surface area contributed by atoms with Gasteiger partial charge in [-0.05, 0) is 29.2 Å². The zero-order valence-electron chi connectivity index (χ0n) is 17.4. The van der Waals surface area contributed by atoms with Gasteiger partial charge in [0.2, 0.25) is 5.88 Å². The van der Waals surface area contributed by atoms with E-state index in [1.807, 2.05) is 41.3 Å². The molecule has 7 nitrogen and oxygen atoms in total. The molecule has 0 aliphatic rings. The maximum Gasteiger partial charge on any atom is 0.213 e. The zero-order chi connectivity index (χ0) is 20.3. The number of halogens is 1. The first kappa shape index (κ1) is 23.7. The Morgan fingerprint density at radius 1 is 1.07 bits per heavy atom. The molecule has 0 aliphatic carbocycles. The average molecular weight is 520 g/mol.